The molecule has 2 heterocycles. The first-order valence-corrected chi connectivity index (χ1v) is 21.0. The van der Waals surface area contributed by atoms with Crippen LogP contribution in [0.2, 0.25) is 0 Å². The second kappa shape index (κ2) is 15.0. The van der Waals surface area contributed by atoms with Crippen molar-refractivity contribution in [3.63, 3.8) is 0 Å². The van der Waals surface area contributed by atoms with Crippen LogP contribution in [0.15, 0.2) is 158 Å². The molecule has 6 aromatic rings. The van der Waals surface area contributed by atoms with Crippen molar-refractivity contribution in [2.45, 2.75) is 33.1 Å². The minimum atomic E-state index is -0.734. The van der Waals surface area contributed by atoms with Crippen molar-refractivity contribution in [1.82, 2.24) is 0 Å². The number of aryl methyl sites for hydroxylation is 1. The van der Waals surface area contributed by atoms with E-state index in [2.05, 4.69) is 20.8 Å². The number of hydrogen-bond donors (Lipinski definition) is 0. The van der Waals surface area contributed by atoms with E-state index in [1.165, 1.54) is 20.9 Å². The van der Waals surface area contributed by atoms with Gasteiger partial charge in [0.2, 0.25) is 23.6 Å². The molecule has 3 aliphatic carbocycles. The van der Waals surface area contributed by atoms with Crippen LogP contribution in [0.4, 0.5) is 11.4 Å². The van der Waals surface area contributed by atoms with Gasteiger partial charge in [0, 0.05) is 11.8 Å². The van der Waals surface area contributed by atoms with Gasteiger partial charge in [-0.2, -0.15) is 0 Å². The molecular formula is C53H44N2O7. The summed E-state index contributed by atoms with van der Waals surface area (Å²) in [5.74, 6) is -1.53. The highest BCUT2D eigenvalue weighted by Gasteiger charge is 2.68. The zero-order valence-corrected chi connectivity index (χ0v) is 34.7. The van der Waals surface area contributed by atoms with Gasteiger partial charge in [-0.1, -0.05) is 87.0 Å². The topological polar surface area (TPSA) is 102 Å². The molecule has 11 rings (SSSR count). The number of anilines is 2. The molecule has 5 aliphatic rings. The molecule has 6 aromatic carbocycles. The summed E-state index contributed by atoms with van der Waals surface area (Å²) < 4.78 is 18.2. The van der Waals surface area contributed by atoms with Crippen LogP contribution in [-0.4, -0.2) is 23.6 Å². The largest absolute Gasteiger partial charge is 0.457 e. The Morgan fingerprint density at radius 2 is 0.661 bits per heavy atom. The van der Waals surface area contributed by atoms with Gasteiger partial charge in [-0.3, -0.25) is 29.0 Å². The summed E-state index contributed by atoms with van der Waals surface area (Å²) in [5.41, 5.74) is 5.29. The van der Waals surface area contributed by atoms with Crippen LogP contribution in [0.3, 0.4) is 0 Å². The van der Waals surface area contributed by atoms with Gasteiger partial charge in [-0.25, -0.2) is 0 Å². The number of carbonyl (C=O) groups excluding carboxylic acids is 4. The highest BCUT2D eigenvalue weighted by molar-refractivity contribution is 6.26. The molecule has 62 heavy (non-hydrogen) atoms. The Hall–Kier alpha value is -7.26. The molecular weight excluding hydrogens is 777 g/mol. The molecule has 9 heteroatoms. The van der Waals surface area contributed by atoms with Crippen LogP contribution < -0.4 is 24.0 Å². The zero-order chi connectivity index (χ0) is 42.9. The Morgan fingerprint density at radius 3 is 0.968 bits per heavy atom. The van der Waals surface area contributed by atoms with E-state index in [4.69, 9.17) is 14.2 Å². The van der Waals surface area contributed by atoms with Crippen LogP contribution in [0.1, 0.15) is 31.9 Å². The number of rotatable bonds is 9. The molecule has 2 aliphatic heterocycles. The highest BCUT2D eigenvalue weighted by atomic mass is 16.5. The maximum absolute atomic E-state index is 14.2. The first-order valence-electron chi connectivity index (χ1n) is 21.0. The van der Waals surface area contributed by atoms with Gasteiger partial charge >= 0.3 is 0 Å². The fraction of sp³-hybridized carbons (Fsp3) is 0.208. The van der Waals surface area contributed by atoms with Crippen LogP contribution in [-0.2, 0) is 24.6 Å². The average Bonchev–Trinajstić information content (AvgIpc) is 3.72. The van der Waals surface area contributed by atoms with E-state index in [0.717, 1.165) is 22.6 Å². The SMILES string of the molecule is Cc1ccc(Oc2ccc(-c3ccc(Oc4ccc(N5C(=O)C6C7C=CC(C6C5=O)C5C(=O)N(c6ccc(Oc8ccc(C(C)(C)C)cc8)cc6)C(=O)C75)cc4)cc3)cc2)cc1. The second-order valence-electron chi connectivity index (χ2n) is 17.6. The molecule has 9 nitrogen and oxygen atoms in total. The standard InChI is InChI=1S/C53H44N2O7/c1-31-5-17-37(18-6-31)60-38-19-7-32(8-20-38)33-9-21-39(22-10-33)61-41-25-13-35(14-26-41)54-49(56)45-43-29-30-44(46(45)50(54)57)48-47(43)51(58)55(52(48)59)36-15-27-42(28-16-36)62-40-23-11-34(12-24-40)53(2,3)4/h5-30,43-48H,1-4H3. The van der Waals surface area contributed by atoms with E-state index in [-0.39, 0.29) is 29.0 Å². The third kappa shape index (κ3) is 6.83. The summed E-state index contributed by atoms with van der Waals surface area (Å²) in [4.78, 5) is 59.0. The van der Waals surface area contributed by atoms with Gasteiger partial charge in [0.25, 0.3) is 0 Å². The number of benzene rings is 6. The highest BCUT2D eigenvalue weighted by Crippen LogP contribution is 2.58. The fourth-order valence-corrected chi connectivity index (χ4v) is 9.53. The number of nitrogens with zero attached hydrogens (tertiary/aromatic N) is 2. The Morgan fingerprint density at radius 1 is 0.387 bits per heavy atom. The van der Waals surface area contributed by atoms with Gasteiger partial charge in [0.05, 0.1) is 35.0 Å². The average molecular weight is 821 g/mol. The Kier molecular flexibility index (Phi) is 9.43. The zero-order valence-electron chi connectivity index (χ0n) is 34.7. The molecule has 3 fully saturated rings. The normalized spacial score (nSPS) is 22.5. The van der Waals surface area contributed by atoms with E-state index in [1.807, 2.05) is 116 Å². The van der Waals surface area contributed by atoms with E-state index in [0.29, 0.717) is 34.4 Å². The maximum Gasteiger partial charge on any atom is 0.238 e. The number of carbonyl (C=O) groups is 4. The van der Waals surface area contributed by atoms with Crippen LogP contribution in [0.25, 0.3) is 11.1 Å². The van der Waals surface area contributed by atoms with Crippen LogP contribution in [0, 0.1) is 42.4 Å². The monoisotopic (exact) mass is 820 g/mol. The van der Waals surface area contributed by atoms with Gasteiger partial charge in [0.15, 0.2) is 0 Å². The molecule has 1 saturated carbocycles. The first kappa shape index (κ1) is 38.9. The molecule has 2 saturated heterocycles. The Bertz CT molecular complexity index is 2690. The number of amides is 4. The molecule has 0 radical (unpaired) electrons. The Balaban J connectivity index is 0.790. The summed E-state index contributed by atoms with van der Waals surface area (Å²) in [6.07, 6.45) is 3.74. The summed E-state index contributed by atoms with van der Waals surface area (Å²) in [6.45, 7) is 8.50. The van der Waals surface area contributed by atoms with Crippen molar-refractivity contribution >= 4 is 35.0 Å². The Labute approximate surface area is 360 Å². The smallest absolute Gasteiger partial charge is 0.238 e. The minimum absolute atomic E-state index is 0.0219. The molecule has 0 N–H and O–H groups in total. The minimum Gasteiger partial charge on any atom is -0.457 e. The van der Waals surface area contributed by atoms with Gasteiger partial charge in [0.1, 0.15) is 34.5 Å². The maximum atomic E-state index is 14.2. The van der Waals surface area contributed by atoms with Crippen molar-refractivity contribution in [1.29, 1.82) is 0 Å². The van der Waals surface area contributed by atoms with E-state index >= 15 is 0 Å². The third-order valence-corrected chi connectivity index (χ3v) is 12.7. The molecule has 0 spiro atoms. The third-order valence-electron chi connectivity index (χ3n) is 12.7. The molecule has 308 valence electrons. The van der Waals surface area contributed by atoms with Crippen molar-refractivity contribution in [2.24, 2.45) is 35.5 Å². The fourth-order valence-electron chi connectivity index (χ4n) is 9.53. The van der Waals surface area contributed by atoms with Crippen molar-refractivity contribution in [3.8, 4) is 45.6 Å². The number of hydrogen-bond acceptors (Lipinski definition) is 7. The lowest BCUT2D eigenvalue weighted by molar-refractivity contribution is -0.137. The van der Waals surface area contributed by atoms with Crippen molar-refractivity contribution in [2.75, 3.05) is 9.80 Å². The van der Waals surface area contributed by atoms with Gasteiger partial charge in [-0.05, 0) is 126 Å². The summed E-state index contributed by atoms with van der Waals surface area (Å²) in [6, 6.07) is 45.2. The van der Waals surface area contributed by atoms with E-state index < -0.39 is 35.5 Å². The second-order valence-corrected chi connectivity index (χ2v) is 17.6. The number of allylic oxidation sites excluding steroid dienone is 2. The lowest BCUT2D eigenvalue weighted by Crippen LogP contribution is -2.50. The lowest BCUT2D eigenvalue weighted by Gasteiger charge is -2.44. The number of ether oxygens (including phenoxy) is 3. The van der Waals surface area contributed by atoms with Crippen molar-refractivity contribution < 1.29 is 33.4 Å². The van der Waals surface area contributed by atoms with E-state index in [9.17, 15) is 19.2 Å². The van der Waals surface area contributed by atoms with Crippen LogP contribution in [0.5, 0.6) is 34.5 Å². The van der Waals surface area contributed by atoms with Crippen molar-refractivity contribution in [3.05, 3.63) is 169 Å². The molecule has 4 amide bonds. The predicted molar refractivity (Wildman–Crippen MR) is 236 cm³/mol. The van der Waals surface area contributed by atoms with Crippen LogP contribution >= 0.6 is 0 Å². The molecule has 6 atom stereocenters. The molecule has 0 aromatic heterocycles. The lowest BCUT2D eigenvalue weighted by atomic mass is 9.54. The van der Waals surface area contributed by atoms with E-state index in [1.54, 1.807) is 48.5 Å². The first-order chi connectivity index (χ1) is 29.9. The predicted octanol–water partition coefficient (Wildman–Crippen LogP) is 11.1. The number of imide groups is 2. The summed E-state index contributed by atoms with van der Waals surface area (Å²) in [5, 5.41) is 0. The summed E-state index contributed by atoms with van der Waals surface area (Å²) in [7, 11) is 0. The molecule has 2 bridgehead atoms. The quantitative estimate of drug-likeness (QED) is 0.106. The summed E-state index contributed by atoms with van der Waals surface area (Å²) >= 11 is 0. The van der Waals surface area contributed by atoms with Gasteiger partial charge < -0.3 is 14.2 Å². The van der Waals surface area contributed by atoms with Gasteiger partial charge in [-0.15, -0.1) is 0 Å². The molecule has 6 unspecified atom stereocenters.